The van der Waals surface area contributed by atoms with Gasteiger partial charge < -0.3 is 20.1 Å². The van der Waals surface area contributed by atoms with Gasteiger partial charge >= 0.3 is 0 Å². The third-order valence-electron chi connectivity index (χ3n) is 5.29. The van der Waals surface area contributed by atoms with Crippen LogP contribution in [0, 0.1) is 5.82 Å². The zero-order valence-corrected chi connectivity index (χ0v) is 21.3. The first-order valence-corrected chi connectivity index (χ1v) is 12.3. The molecule has 4 aromatic rings. The summed E-state index contributed by atoms with van der Waals surface area (Å²) in [7, 11) is 0. The van der Waals surface area contributed by atoms with Crippen LogP contribution in [0.15, 0.2) is 108 Å². The lowest BCUT2D eigenvalue weighted by molar-refractivity contribution is -0.119. The van der Waals surface area contributed by atoms with Crippen LogP contribution in [0.1, 0.15) is 15.9 Å². The predicted molar refractivity (Wildman–Crippen MR) is 143 cm³/mol. The molecule has 0 aromatic heterocycles. The van der Waals surface area contributed by atoms with Gasteiger partial charge in [-0.3, -0.25) is 9.59 Å². The average Bonchev–Trinajstić information content (AvgIpc) is 2.91. The number of rotatable bonds is 10. The lowest BCUT2D eigenvalue weighted by Crippen LogP contribution is -2.46. The highest BCUT2D eigenvalue weighted by Crippen LogP contribution is 2.23. The summed E-state index contributed by atoms with van der Waals surface area (Å²) >= 11 is 3.25. The molecule has 37 heavy (non-hydrogen) atoms. The second-order valence-corrected chi connectivity index (χ2v) is 8.93. The Labute approximate surface area is 222 Å². The number of anilines is 1. The normalized spacial score (nSPS) is 11.4. The standard InChI is InChI=1S/C29H24BrFN2O4/c30-26-16-11-21(31)17-25(26)28(34)33-27(19-36-18-20-7-3-1-4-8-20)29(35)32-22-12-14-24(15-13-22)37-23-9-5-2-6-10-23/h1-17,27H,18-19H2,(H,32,35)(H,33,34). The largest absolute Gasteiger partial charge is 0.457 e. The quantitative estimate of drug-likeness (QED) is 0.236. The fourth-order valence-electron chi connectivity index (χ4n) is 3.42. The van der Waals surface area contributed by atoms with Gasteiger partial charge in [0, 0.05) is 10.2 Å². The number of hydrogen-bond donors (Lipinski definition) is 2. The Hall–Kier alpha value is -4.01. The van der Waals surface area contributed by atoms with Gasteiger partial charge in [0.1, 0.15) is 23.4 Å². The summed E-state index contributed by atoms with van der Waals surface area (Å²) in [6, 6.07) is 28.4. The van der Waals surface area contributed by atoms with Gasteiger partial charge in [0.15, 0.2) is 0 Å². The van der Waals surface area contributed by atoms with E-state index in [2.05, 4.69) is 26.6 Å². The minimum atomic E-state index is -1.04. The Bertz CT molecular complexity index is 1340. The van der Waals surface area contributed by atoms with E-state index in [9.17, 15) is 14.0 Å². The van der Waals surface area contributed by atoms with E-state index in [1.165, 1.54) is 12.1 Å². The molecule has 1 unspecified atom stereocenters. The lowest BCUT2D eigenvalue weighted by atomic mass is 10.1. The second kappa shape index (κ2) is 12.8. The van der Waals surface area contributed by atoms with Crippen LogP contribution in [0.4, 0.5) is 10.1 Å². The molecule has 2 N–H and O–H groups in total. The third kappa shape index (κ3) is 7.73. The first kappa shape index (κ1) is 26.1. The van der Waals surface area contributed by atoms with Crippen molar-refractivity contribution in [1.82, 2.24) is 5.32 Å². The van der Waals surface area contributed by atoms with Crippen LogP contribution in [0.5, 0.6) is 11.5 Å². The Morgan fingerprint density at radius 2 is 1.49 bits per heavy atom. The number of carbonyl (C=O) groups excluding carboxylic acids is 2. The zero-order chi connectivity index (χ0) is 26.0. The predicted octanol–water partition coefficient (Wildman–Crippen LogP) is 6.33. The number of ether oxygens (including phenoxy) is 2. The summed E-state index contributed by atoms with van der Waals surface area (Å²) in [4.78, 5) is 26.0. The molecule has 0 saturated heterocycles. The number of nitrogens with one attached hydrogen (secondary N) is 2. The van der Waals surface area contributed by atoms with E-state index in [0.29, 0.717) is 21.7 Å². The maximum absolute atomic E-state index is 13.7. The molecule has 0 spiro atoms. The van der Waals surface area contributed by atoms with Crippen LogP contribution in [0.2, 0.25) is 0 Å². The Morgan fingerprint density at radius 1 is 0.838 bits per heavy atom. The van der Waals surface area contributed by atoms with E-state index >= 15 is 0 Å². The first-order chi connectivity index (χ1) is 18.0. The molecule has 4 rings (SSSR count). The van der Waals surface area contributed by atoms with Crippen LogP contribution >= 0.6 is 15.9 Å². The van der Waals surface area contributed by atoms with E-state index in [1.807, 2.05) is 60.7 Å². The van der Waals surface area contributed by atoms with Gasteiger partial charge in [0.05, 0.1) is 18.8 Å². The maximum atomic E-state index is 13.7. The molecule has 0 saturated carbocycles. The Balaban J connectivity index is 1.43. The molecule has 6 nitrogen and oxygen atoms in total. The van der Waals surface area contributed by atoms with Crippen LogP contribution < -0.4 is 15.4 Å². The van der Waals surface area contributed by atoms with Crippen LogP contribution in [-0.4, -0.2) is 24.5 Å². The molecule has 0 aliphatic carbocycles. The number of carbonyl (C=O) groups is 2. The Kier molecular flexibility index (Phi) is 9.02. The van der Waals surface area contributed by atoms with Gasteiger partial charge in [-0.15, -0.1) is 0 Å². The van der Waals surface area contributed by atoms with Gasteiger partial charge in [-0.25, -0.2) is 4.39 Å². The van der Waals surface area contributed by atoms with E-state index < -0.39 is 23.7 Å². The molecule has 4 aromatic carbocycles. The van der Waals surface area contributed by atoms with Crippen LogP contribution in [0.25, 0.3) is 0 Å². The van der Waals surface area contributed by atoms with Crippen LogP contribution in [-0.2, 0) is 16.1 Å². The highest BCUT2D eigenvalue weighted by molar-refractivity contribution is 9.10. The molecule has 8 heteroatoms. The van der Waals surface area contributed by atoms with E-state index in [0.717, 1.165) is 11.6 Å². The fraction of sp³-hybridized carbons (Fsp3) is 0.103. The smallest absolute Gasteiger partial charge is 0.253 e. The molecule has 0 radical (unpaired) electrons. The van der Waals surface area contributed by atoms with Gasteiger partial charge in [0.25, 0.3) is 5.91 Å². The fourth-order valence-corrected chi connectivity index (χ4v) is 3.85. The summed E-state index contributed by atoms with van der Waals surface area (Å²) in [5.41, 5.74) is 1.51. The van der Waals surface area contributed by atoms with Crippen molar-refractivity contribution in [3.8, 4) is 11.5 Å². The summed E-state index contributed by atoms with van der Waals surface area (Å²) in [5.74, 6) is -0.350. The maximum Gasteiger partial charge on any atom is 0.253 e. The van der Waals surface area contributed by atoms with Gasteiger partial charge in [0.2, 0.25) is 5.91 Å². The molecule has 0 bridgehead atoms. The van der Waals surface area contributed by atoms with Crippen molar-refractivity contribution in [2.24, 2.45) is 0 Å². The molecule has 0 fully saturated rings. The topological polar surface area (TPSA) is 76.7 Å². The van der Waals surface area contributed by atoms with Crippen molar-refractivity contribution < 1.29 is 23.5 Å². The molecule has 188 valence electrons. The average molecular weight is 563 g/mol. The van der Waals surface area contributed by atoms with Crippen molar-refractivity contribution in [2.75, 3.05) is 11.9 Å². The molecule has 0 aliphatic heterocycles. The molecule has 0 aliphatic rings. The molecule has 2 amide bonds. The molecule has 1 atom stereocenters. The van der Waals surface area contributed by atoms with E-state index in [1.54, 1.807) is 24.3 Å². The number of benzene rings is 4. The van der Waals surface area contributed by atoms with Gasteiger partial charge in [-0.05, 0) is 76.1 Å². The monoisotopic (exact) mass is 562 g/mol. The summed E-state index contributed by atoms with van der Waals surface area (Å²) in [6.45, 7) is 0.171. The highest BCUT2D eigenvalue weighted by Gasteiger charge is 2.23. The summed E-state index contributed by atoms with van der Waals surface area (Å²) in [5, 5.41) is 5.44. The van der Waals surface area contributed by atoms with Gasteiger partial charge in [-0.2, -0.15) is 0 Å². The Morgan fingerprint density at radius 3 is 2.19 bits per heavy atom. The molecule has 0 heterocycles. The number of halogens is 2. The molecular weight excluding hydrogens is 539 g/mol. The number of hydrogen-bond acceptors (Lipinski definition) is 4. The lowest BCUT2D eigenvalue weighted by Gasteiger charge is -2.19. The summed E-state index contributed by atoms with van der Waals surface area (Å²) in [6.07, 6.45) is 0. The summed E-state index contributed by atoms with van der Waals surface area (Å²) < 4.78 is 25.7. The first-order valence-electron chi connectivity index (χ1n) is 11.5. The van der Waals surface area contributed by atoms with E-state index in [-0.39, 0.29) is 18.8 Å². The van der Waals surface area contributed by atoms with Crippen LogP contribution in [0.3, 0.4) is 0 Å². The number of para-hydroxylation sites is 1. The number of amides is 2. The highest BCUT2D eigenvalue weighted by atomic mass is 79.9. The van der Waals surface area contributed by atoms with Crippen molar-refractivity contribution in [1.29, 1.82) is 0 Å². The minimum absolute atomic E-state index is 0.0725. The second-order valence-electron chi connectivity index (χ2n) is 8.08. The van der Waals surface area contributed by atoms with Crippen molar-refractivity contribution in [3.63, 3.8) is 0 Å². The SMILES string of the molecule is O=C(NC(COCc1ccccc1)C(=O)Nc1ccc(Oc2ccccc2)cc1)c1cc(F)ccc1Br. The van der Waals surface area contributed by atoms with Crippen molar-refractivity contribution in [3.05, 3.63) is 125 Å². The third-order valence-corrected chi connectivity index (χ3v) is 5.98. The van der Waals surface area contributed by atoms with E-state index in [4.69, 9.17) is 9.47 Å². The minimum Gasteiger partial charge on any atom is -0.457 e. The molecular formula is C29H24BrFN2O4. The van der Waals surface area contributed by atoms with Gasteiger partial charge in [-0.1, -0.05) is 48.5 Å². The van der Waals surface area contributed by atoms with Crippen molar-refractivity contribution >= 4 is 33.4 Å². The van der Waals surface area contributed by atoms with Crippen molar-refractivity contribution in [2.45, 2.75) is 12.6 Å². The zero-order valence-electron chi connectivity index (χ0n) is 19.7.